The SMILES string of the molecule is CCCCCOc1ccc(C(=O)N2CSCC2C(=O)NCC2CC2)cc1. The van der Waals surface area contributed by atoms with Crippen molar-refractivity contribution < 1.29 is 14.3 Å². The topological polar surface area (TPSA) is 58.6 Å². The van der Waals surface area contributed by atoms with Crippen molar-refractivity contribution in [2.45, 2.75) is 45.1 Å². The number of unbranched alkanes of at least 4 members (excludes halogenated alkanes) is 2. The molecule has 1 unspecified atom stereocenters. The van der Waals surface area contributed by atoms with Crippen molar-refractivity contribution in [3.8, 4) is 5.75 Å². The number of rotatable bonds is 9. The molecule has 1 saturated heterocycles. The maximum Gasteiger partial charge on any atom is 0.255 e. The van der Waals surface area contributed by atoms with Crippen molar-refractivity contribution in [3.05, 3.63) is 29.8 Å². The van der Waals surface area contributed by atoms with Crippen LogP contribution in [0.15, 0.2) is 24.3 Å². The van der Waals surface area contributed by atoms with Crippen LogP contribution in [0.5, 0.6) is 5.75 Å². The first-order valence-corrected chi connectivity index (χ1v) is 10.7. The first kappa shape index (κ1) is 19.1. The maximum absolute atomic E-state index is 12.8. The summed E-state index contributed by atoms with van der Waals surface area (Å²) in [5.74, 6) is 2.55. The van der Waals surface area contributed by atoms with Crippen LogP contribution >= 0.6 is 11.8 Å². The zero-order valence-electron chi connectivity index (χ0n) is 15.4. The van der Waals surface area contributed by atoms with E-state index in [1.54, 1.807) is 28.8 Å². The molecule has 1 atom stereocenters. The van der Waals surface area contributed by atoms with Crippen molar-refractivity contribution in [2.24, 2.45) is 5.92 Å². The largest absolute Gasteiger partial charge is 0.494 e. The van der Waals surface area contributed by atoms with Crippen LogP contribution in [-0.2, 0) is 4.79 Å². The third-order valence-electron chi connectivity index (χ3n) is 4.83. The van der Waals surface area contributed by atoms with Crippen LogP contribution in [-0.4, -0.2) is 47.5 Å². The zero-order chi connectivity index (χ0) is 18.4. The molecule has 2 aliphatic rings. The molecule has 1 aliphatic heterocycles. The molecule has 1 aromatic rings. The Bertz CT molecular complexity index is 616. The monoisotopic (exact) mass is 376 g/mol. The summed E-state index contributed by atoms with van der Waals surface area (Å²) in [5, 5.41) is 3.00. The summed E-state index contributed by atoms with van der Waals surface area (Å²) >= 11 is 1.63. The Balaban J connectivity index is 1.54. The minimum absolute atomic E-state index is 0.0221. The van der Waals surface area contributed by atoms with Crippen LogP contribution in [0.1, 0.15) is 49.4 Å². The number of amides is 2. The van der Waals surface area contributed by atoms with Crippen molar-refractivity contribution >= 4 is 23.6 Å². The van der Waals surface area contributed by atoms with Crippen LogP contribution < -0.4 is 10.1 Å². The number of nitrogens with zero attached hydrogens (tertiary/aromatic N) is 1. The molecule has 0 bridgehead atoms. The number of thioether (sulfide) groups is 1. The van der Waals surface area contributed by atoms with Gasteiger partial charge in [-0.3, -0.25) is 9.59 Å². The minimum atomic E-state index is -0.365. The van der Waals surface area contributed by atoms with Gasteiger partial charge in [-0.05, 0) is 49.4 Å². The van der Waals surface area contributed by atoms with E-state index >= 15 is 0 Å². The average molecular weight is 377 g/mol. The van der Waals surface area contributed by atoms with Gasteiger partial charge in [-0.25, -0.2) is 0 Å². The van der Waals surface area contributed by atoms with Gasteiger partial charge in [0.25, 0.3) is 5.91 Å². The normalized spacial score (nSPS) is 19.4. The highest BCUT2D eigenvalue weighted by molar-refractivity contribution is 7.99. The van der Waals surface area contributed by atoms with Crippen LogP contribution in [0.3, 0.4) is 0 Å². The van der Waals surface area contributed by atoms with Crippen LogP contribution in [0.2, 0.25) is 0 Å². The molecule has 26 heavy (non-hydrogen) atoms. The molecule has 142 valence electrons. The highest BCUT2D eigenvalue weighted by Crippen LogP contribution is 2.28. The van der Waals surface area contributed by atoms with E-state index in [0.717, 1.165) is 25.1 Å². The van der Waals surface area contributed by atoms with Gasteiger partial charge in [0.1, 0.15) is 11.8 Å². The standard InChI is InChI=1S/C20H28N2O3S/c1-2-3-4-11-25-17-9-7-16(8-10-17)20(24)22-14-26-13-18(22)19(23)21-12-15-5-6-15/h7-10,15,18H,2-6,11-14H2,1H3,(H,21,23). The van der Waals surface area contributed by atoms with Crippen molar-refractivity contribution in [3.63, 3.8) is 0 Å². The number of carbonyl (C=O) groups excluding carboxylic acids is 2. The third-order valence-corrected chi connectivity index (χ3v) is 5.84. The molecule has 2 amide bonds. The second kappa shape index (κ2) is 9.31. The molecule has 1 aliphatic carbocycles. The Kier molecular flexibility index (Phi) is 6.83. The highest BCUT2D eigenvalue weighted by atomic mass is 32.2. The Labute approximate surface area is 159 Å². The first-order valence-electron chi connectivity index (χ1n) is 9.58. The van der Waals surface area contributed by atoms with Gasteiger partial charge in [-0.15, -0.1) is 11.8 Å². The van der Waals surface area contributed by atoms with Crippen molar-refractivity contribution in [2.75, 3.05) is 24.8 Å². The van der Waals surface area contributed by atoms with Gasteiger partial charge < -0.3 is 15.0 Å². The average Bonchev–Trinajstić information content (AvgIpc) is 3.37. The van der Waals surface area contributed by atoms with Crippen molar-refractivity contribution in [1.82, 2.24) is 10.2 Å². The van der Waals surface area contributed by atoms with E-state index in [9.17, 15) is 9.59 Å². The van der Waals surface area contributed by atoms with E-state index in [1.165, 1.54) is 19.3 Å². The number of carbonyl (C=O) groups is 2. The van der Waals surface area contributed by atoms with Crippen molar-refractivity contribution in [1.29, 1.82) is 0 Å². The molecule has 1 saturated carbocycles. The summed E-state index contributed by atoms with van der Waals surface area (Å²) in [5.41, 5.74) is 0.605. The number of benzene rings is 1. The minimum Gasteiger partial charge on any atom is -0.494 e. The summed E-state index contributed by atoms with van der Waals surface area (Å²) < 4.78 is 5.69. The van der Waals surface area contributed by atoms with E-state index in [-0.39, 0.29) is 17.9 Å². The van der Waals surface area contributed by atoms with Gasteiger partial charge in [0.2, 0.25) is 5.91 Å². The van der Waals surface area contributed by atoms with Gasteiger partial charge in [0, 0.05) is 17.9 Å². The molecule has 1 heterocycles. The van der Waals surface area contributed by atoms with E-state index < -0.39 is 0 Å². The zero-order valence-corrected chi connectivity index (χ0v) is 16.2. The third kappa shape index (κ3) is 5.16. The molecule has 0 radical (unpaired) electrons. The van der Waals surface area contributed by atoms with Gasteiger partial charge in [0.05, 0.1) is 12.5 Å². The lowest BCUT2D eigenvalue weighted by Gasteiger charge is -2.23. The van der Waals surface area contributed by atoms with Gasteiger partial charge in [-0.2, -0.15) is 0 Å². The van der Waals surface area contributed by atoms with Gasteiger partial charge in [-0.1, -0.05) is 19.8 Å². The highest BCUT2D eigenvalue weighted by Gasteiger charge is 2.35. The number of hydrogen-bond acceptors (Lipinski definition) is 4. The Morgan fingerprint density at radius 1 is 1.23 bits per heavy atom. The fourth-order valence-corrected chi connectivity index (χ4v) is 4.10. The quantitative estimate of drug-likeness (QED) is 0.672. The van der Waals surface area contributed by atoms with Gasteiger partial charge in [0.15, 0.2) is 0 Å². The number of ether oxygens (including phenoxy) is 1. The maximum atomic E-state index is 12.8. The Morgan fingerprint density at radius 2 is 2.00 bits per heavy atom. The Hall–Kier alpha value is -1.69. The lowest BCUT2D eigenvalue weighted by atomic mass is 10.1. The first-order chi connectivity index (χ1) is 12.7. The Morgan fingerprint density at radius 3 is 2.69 bits per heavy atom. The summed E-state index contributed by atoms with van der Waals surface area (Å²) in [6.07, 6.45) is 5.78. The van der Waals surface area contributed by atoms with E-state index in [4.69, 9.17) is 4.74 Å². The fourth-order valence-electron chi connectivity index (χ4n) is 2.95. The molecule has 1 N–H and O–H groups in total. The van der Waals surface area contributed by atoms with E-state index in [2.05, 4.69) is 12.2 Å². The molecule has 2 fully saturated rings. The van der Waals surface area contributed by atoms with Gasteiger partial charge >= 0.3 is 0 Å². The smallest absolute Gasteiger partial charge is 0.255 e. The number of hydrogen-bond donors (Lipinski definition) is 1. The van der Waals surface area contributed by atoms with Crippen LogP contribution in [0.25, 0.3) is 0 Å². The van der Waals surface area contributed by atoms with E-state index in [0.29, 0.717) is 29.7 Å². The summed E-state index contributed by atoms with van der Waals surface area (Å²) in [6.45, 7) is 3.61. The molecule has 6 heteroatoms. The summed E-state index contributed by atoms with van der Waals surface area (Å²) in [4.78, 5) is 26.9. The predicted octanol–water partition coefficient (Wildman–Crippen LogP) is 3.30. The van der Waals surface area contributed by atoms with Crippen LogP contribution in [0, 0.1) is 5.92 Å². The fraction of sp³-hybridized carbons (Fsp3) is 0.600. The molecule has 0 aromatic heterocycles. The molecule has 3 rings (SSSR count). The molecular weight excluding hydrogens is 348 g/mol. The molecular formula is C20H28N2O3S. The second-order valence-corrected chi connectivity index (χ2v) is 8.06. The van der Waals surface area contributed by atoms with E-state index in [1.807, 2.05) is 12.1 Å². The molecule has 5 nitrogen and oxygen atoms in total. The second-order valence-electron chi connectivity index (χ2n) is 7.06. The van der Waals surface area contributed by atoms with Crippen LogP contribution in [0.4, 0.5) is 0 Å². The summed E-state index contributed by atoms with van der Waals surface area (Å²) in [6, 6.07) is 6.89. The molecule has 0 spiro atoms. The molecule has 1 aromatic carbocycles. The number of nitrogens with one attached hydrogen (secondary N) is 1. The summed E-state index contributed by atoms with van der Waals surface area (Å²) in [7, 11) is 0. The lowest BCUT2D eigenvalue weighted by Crippen LogP contribution is -2.47. The lowest BCUT2D eigenvalue weighted by molar-refractivity contribution is -0.124. The predicted molar refractivity (Wildman–Crippen MR) is 104 cm³/mol.